The fraction of sp³-hybridized carbons (Fsp3) is 0.786. The Morgan fingerprint density at radius 2 is 2.30 bits per heavy atom. The van der Waals surface area contributed by atoms with Gasteiger partial charge in [0.2, 0.25) is 0 Å². The van der Waals surface area contributed by atoms with E-state index in [9.17, 15) is 0 Å². The van der Waals surface area contributed by atoms with E-state index >= 15 is 0 Å². The molecule has 1 N–H and O–H groups in total. The smallest absolute Gasteiger partial charge is 0.0739 e. The number of likely N-dealkylation sites (tertiary alicyclic amines) is 1. The number of aryl methyl sites for hydroxylation is 2. The van der Waals surface area contributed by atoms with Gasteiger partial charge in [0.15, 0.2) is 0 Å². The van der Waals surface area contributed by atoms with E-state index in [-0.39, 0.29) is 0 Å². The molecular weight excluding hydrogens is 320 g/mol. The maximum Gasteiger partial charge on any atom is 0.0739 e. The monoisotopic (exact) mass is 344 g/mol. The van der Waals surface area contributed by atoms with Crippen LogP contribution in [0.25, 0.3) is 0 Å². The fourth-order valence-electron chi connectivity index (χ4n) is 2.82. The maximum absolute atomic E-state index is 5.07. The van der Waals surface area contributed by atoms with Gasteiger partial charge < -0.3 is 10.1 Å². The van der Waals surface area contributed by atoms with Crippen LogP contribution in [0.4, 0.5) is 0 Å². The van der Waals surface area contributed by atoms with Gasteiger partial charge in [-0.3, -0.25) is 9.58 Å². The molecule has 0 amide bonds. The first-order valence-electron chi connectivity index (χ1n) is 7.25. The van der Waals surface area contributed by atoms with Crippen molar-refractivity contribution >= 4 is 15.9 Å². The molecule has 1 aliphatic heterocycles. The van der Waals surface area contributed by atoms with Crippen LogP contribution in [-0.2, 0) is 18.3 Å². The zero-order chi connectivity index (χ0) is 14.5. The van der Waals surface area contributed by atoms with E-state index in [2.05, 4.69) is 31.2 Å². The Balaban J connectivity index is 1.90. The molecule has 6 heteroatoms. The predicted molar refractivity (Wildman–Crippen MR) is 83.8 cm³/mol. The van der Waals surface area contributed by atoms with Crippen LogP contribution in [0.2, 0.25) is 0 Å². The van der Waals surface area contributed by atoms with Crippen molar-refractivity contribution in [3.63, 3.8) is 0 Å². The van der Waals surface area contributed by atoms with Crippen LogP contribution in [0, 0.1) is 6.92 Å². The quantitative estimate of drug-likeness (QED) is 0.764. The Bertz CT molecular complexity index is 435. The largest absolute Gasteiger partial charge is 0.383 e. The molecule has 0 aliphatic carbocycles. The molecule has 20 heavy (non-hydrogen) atoms. The number of hydrogen-bond donors (Lipinski definition) is 1. The highest BCUT2D eigenvalue weighted by atomic mass is 79.9. The van der Waals surface area contributed by atoms with Crippen molar-refractivity contribution in [2.45, 2.75) is 32.4 Å². The fourth-order valence-corrected chi connectivity index (χ4v) is 3.28. The van der Waals surface area contributed by atoms with Crippen LogP contribution < -0.4 is 5.32 Å². The van der Waals surface area contributed by atoms with Crippen LogP contribution >= 0.6 is 15.9 Å². The van der Waals surface area contributed by atoms with Crippen LogP contribution in [0.3, 0.4) is 0 Å². The first-order chi connectivity index (χ1) is 9.63. The number of nitrogens with one attached hydrogen (secondary N) is 1. The average Bonchev–Trinajstić information content (AvgIpc) is 2.95. The highest BCUT2D eigenvalue weighted by Gasteiger charge is 2.26. The van der Waals surface area contributed by atoms with E-state index in [0.717, 1.165) is 36.4 Å². The van der Waals surface area contributed by atoms with E-state index in [0.29, 0.717) is 6.04 Å². The first kappa shape index (κ1) is 15.9. The molecule has 1 aromatic rings. The third-order valence-electron chi connectivity index (χ3n) is 3.98. The second-order valence-corrected chi connectivity index (χ2v) is 6.23. The number of halogens is 1. The Morgan fingerprint density at radius 1 is 1.50 bits per heavy atom. The maximum atomic E-state index is 5.07. The lowest BCUT2D eigenvalue weighted by Crippen LogP contribution is -2.38. The van der Waals surface area contributed by atoms with Gasteiger partial charge in [0.1, 0.15) is 0 Å². The van der Waals surface area contributed by atoms with E-state index in [4.69, 9.17) is 4.74 Å². The summed E-state index contributed by atoms with van der Waals surface area (Å²) in [4.78, 5) is 2.56. The van der Waals surface area contributed by atoms with Crippen LogP contribution in [-0.4, -0.2) is 54.1 Å². The van der Waals surface area contributed by atoms with Crippen molar-refractivity contribution in [1.82, 2.24) is 20.0 Å². The summed E-state index contributed by atoms with van der Waals surface area (Å²) in [5.41, 5.74) is 2.34. The molecule has 0 saturated carbocycles. The molecule has 2 heterocycles. The third-order valence-corrected chi connectivity index (χ3v) is 5.01. The van der Waals surface area contributed by atoms with Crippen molar-refractivity contribution in [2.75, 3.05) is 33.4 Å². The minimum absolute atomic E-state index is 0.619. The third kappa shape index (κ3) is 3.81. The van der Waals surface area contributed by atoms with Crippen molar-refractivity contribution in [1.29, 1.82) is 0 Å². The summed E-state index contributed by atoms with van der Waals surface area (Å²) in [5, 5.41) is 7.95. The van der Waals surface area contributed by atoms with Gasteiger partial charge in [-0.15, -0.1) is 0 Å². The minimum atomic E-state index is 0.619. The van der Waals surface area contributed by atoms with Crippen LogP contribution in [0.15, 0.2) is 4.47 Å². The Kier molecular flexibility index (Phi) is 6.01. The lowest BCUT2D eigenvalue weighted by molar-refractivity contribution is 0.190. The van der Waals surface area contributed by atoms with E-state index in [1.807, 2.05) is 18.7 Å². The first-order valence-corrected chi connectivity index (χ1v) is 8.04. The number of rotatable bonds is 7. The topological polar surface area (TPSA) is 42.3 Å². The van der Waals surface area contributed by atoms with Crippen molar-refractivity contribution in [3.05, 3.63) is 15.9 Å². The van der Waals surface area contributed by atoms with Gasteiger partial charge in [-0.2, -0.15) is 5.10 Å². The normalized spacial score (nSPS) is 19.9. The number of hydrogen-bond acceptors (Lipinski definition) is 4. The Labute approximate surface area is 129 Å². The summed E-state index contributed by atoms with van der Waals surface area (Å²) in [6.45, 7) is 6.93. The molecule has 0 aromatic carbocycles. The number of ether oxygens (including phenoxy) is 1. The van der Waals surface area contributed by atoms with Gasteiger partial charge >= 0.3 is 0 Å². The summed E-state index contributed by atoms with van der Waals surface area (Å²) in [7, 11) is 3.76. The van der Waals surface area contributed by atoms with Crippen molar-refractivity contribution < 1.29 is 4.74 Å². The van der Waals surface area contributed by atoms with Crippen LogP contribution in [0.1, 0.15) is 24.2 Å². The molecule has 1 aliphatic rings. The Morgan fingerprint density at radius 3 is 2.95 bits per heavy atom. The van der Waals surface area contributed by atoms with Gasteiger partial charge in [-0.05, 0) is 42.2 Å². The SMILES string of the molecule is COCCNCC1CCCN1Cc1c(Br)c(C)nn1C. The second-order valence-electron chi connectivity index (χ2n) is 5.43. The molecule has 5 nitrogen and oxygen atoms in total. The molecule has 1 aromatic heterocycles. The van der Waals surface area contributed by atoms with Gasteiger partial charge in [0.25, 0.3) is 0 Å². The summed E-state index contributed by atoms with van der Waals surface area (Å²) in [6.07, 6.45) is 2.56. The standard InChI is InChI=1S/C14H25BrN4O/c1-11-14(15)13(18(2)17-11)10-19-7-4-5-12(19)9-16-6-8-20-3/h12,16H,4-10H2,1-3H3. The summed E-state index contributed by atoms with van der Waals surface area (Å²) >= 11 is 3.66. The second kappa shape index (κ2) is 7.54. The van der Waals surface area contributed by atoms with Crippen molar-refractivity contribution in [2.24, 2.45) is 7.05 Å². The van der Waals surface area contributed by atoms with Gasteiger partial charge in [0.05, 0.1) is 22.5 Å². The van der Waals surface area contributed by atoms with Gasteiger partial charge in [-0.25, -0.2) is 0 Å². The number of methoxy groups -OCH3 is 1. The highest BCUT2D eigenvalue weighted by molar-refractivity contribution is 9.10. The molecule has 2 rings (SSSR count). The lowest BCUT2D eigenvalue weighted by Gasteiger charge is -2.25. The van der Waals surface area contributed by atoms with Crippen LogP contribution in [0.5, 0.6) is 0 Å². The zero-order valence-electron chi connectivity index (χ0n) is 12.7. The lowest BCUT2D eigenvalue weighted by atomic mass is 10.2. The highest BCUT2D eigenvalue weighted by Crippen LogP contribution is 2.25. The summed E-state index contributed by atoms with van der Waals surface area (Å²) in [5.74, 6) is 0. The zero-order valence-corrected chi connectivity index (χ0v) is 14.2. The summed E-state index contributed by atoms with van der Waals surface area (Å²) in [6, 6.07) is 0.619. The number of nitrogens with zero attached hydrogens (tertiary/aromatic N) is 3. The molecule has 1 saturated heterocycles. The van der Waals surface area contributed by atoms with E-state index in [1.165, 1.54) is 25.1 Å². The predicted octanol–water partition coefficient (Wildman–Crippen LogP) is 1.69. The molecule has 1 fully saturated rings. The molecule has 1 atom stereocenters. The molecule has 114 valence electrons. The van der Waals surface area contributed by atoms with Crippen molar-refractivity contribution in [3.8, 4) is 0 Å². The molecule has 0 spiro atoms. The van der Waals surface area contributed by atoms with Gasteiger partial charge in [0, 0.05) is 39.8 Å². The summed E-state index contributed by atoms with van der Waals surface area (Å²) < 4.78 is 8.21. The van der Waals surface area contributed by atoms with Gasteiger partial charge in [-0.1, -0.05) is 0 Å². The number of aromatic nitrogens is 2. The molecule has 0 bridgehead atoms. The van der Waals surface area contributed by atoms with E-state index in [1.54, 1.807) is 7.11 Å². The van der Waals surface area contributed by atoms with E-state index < -0.39 is 0 Å². The molecule has 0 radical (unpaired) electrons. The molecule has 1 unspecified atom stereocenters. The average molecular weight is 345 g/mol. The Hall–Kier alpha value is -0.430. The minimum Gasteiger partial charge on any atom is -0.383 e. The molecular formula is C14H25BrN4O.